The molecule has 0 aliphatic rings. The van der Waals surface area contributed by atoms with Crippen LogP contribution in [-0.4, -0.2) is 40.5 Å². The summed E-state index contributed by atoms with van der Waals surface area (Å²) in [5, 5.41) is 12.3. The lowest BCUT2D eigenvalue weighted by Crippen LogP contribution is -2.42. The normalized spacial score (nSPS) is 12.9. The summed E-state index contributed by atoms with van der Waals surface area (Å²) in [6.07, 6.45) is 0.222. The monoisotopic (exact) mass is 353 g/mol. The van der Waals surface area contributed by atoms with Gasteiger partial charge in [-0.3, -0.25) is 4.79 Å². The molecule has 0 radical (unpaired) electrons. The van der Waals surface area contributed by atoms with Crippen LogP contribution in [0.15, 0.2) is 29.2 Å². The number of ether oxygens (including phenoxy) is 1. The second-order valence-corrected chi connectivity index (χ2v) is 8.45. The SMILES string of the molecule is CC(C)Sc1ccc(C(=O)NC(CCOC(C)(C)C)C(=O)O)cc1. The van der Waals surface area contributed by atoms with Crippen LogP contribution < -0.4 is 5.32 Å². The molecule has 0 fully saturated rings. The second kappa shape index (κ2) is 9.08. The minimum Gasteiger partial charge on any atom is -0.480 e. The molecular formula is C18H27NO4S. The van der Waals surface area contributed by atoms with Gasteiger partial charge in [0.2, 0.25) is 0 Å². The Morgan fingerprint density at radius 2 is 1.79 bits per heavy atom. The number of benzene rings is 1. The van der Waals surface area contributed by atoms with E-state index in [1.54, 1.807) is 23.9 Å². The van der Waals surface area contributed by atoms with Crippen LogP contribution in [0.5, 0.6) is 0 Å². The fourth-order valence-electron chi connectivity index (χ4n) is 1.94. The first kappa shape index (κ1) is 20.5. The number of hydrogen-bond donors (Lipinski definition) is 2. The topological polar surface area (TPSA) is 75.6 Å². The summed E-state index contributed by atoms with van der Waals surface area (Å²) in [7, 11) is 0. The molecule has 134 valence electrons. The van der Waals surface area contributed by atoms with Crippen LogP contribution >= 0.6 is 11.8 Å². The Bertz CT molecular complexity index is 549. The van der Waals surface area contributed by atoms with Crippen molar-refractivity contribution >= 4 is 23.6 Å². The van der Waals surface area contributed by atoms with Crippen LogP contribution in [0, 0.1) is 0 Å². The Labute approximate surface area is 148 Å². The first-order chi connectivity index (χ1) is 11.1. The number of carboxylic acids is 1. The van der Waals surface area contributed by atoms with Crippen LogP contribution in [0.25, 0.3) is 0 Å². The molecule has 1 rings (SSSR count). The number of carboxylic acid groups (broad SMARTS) is 1. The smallest absolute Gasteiger partial charge is 0.326 e. The van der Waals surface area contributed by atoms with Gasteiger partial charge in [-0.2, -0.15) is 0 Å². The number of carbonyl (C=O) groups excluding carboxylic acids is 1. The molecule has 0 aliphatic heterocycles. The number of nitrogens with one attached hydrogen (secondary N) is 1. The van der Waals surface area contributed by atoms with E-state index in [0.717, 1.165) is 4.90 Å². The second-order valence-electron chi connectivity index (χ2n) is 6.80. The van der Waals surface area contributed by atoms with Crippen molar-refractivity contribution in [3.63, 3.8) is 0 Å². The maximum atomic E-state index is 12.2. The predicted molar refractivity (Wildman–Crippen MR) is 96.6 cm³/mol. The zero-order valence-corrected chi connectivity index (χ0v) is 15.8. The lowest BCUT2D eigenvalue weighted by atomic mass is 10.1. The Hall–Kier alpha value is -1.53. The number of amides is 1. The lowest BCUT2D eigenvalue weighted by molar-refractivity contribution is -0.140. The summed E-state index contributed by atoms with van der Waals surface area (Å²) >= 11 is 1.71. The van der Waals surface area contributed by atoms with Crippen molar-refractivity contribution in [1.82, 2.24) is 5.32 Å². The van der Waals surface area contributed by atoms with Gasteiger partial charge in [-0.15, -0.1) is 11.8 Å². The third-order valence-corrected chi connectivity index (χ3v) is 4.05. The van der Waals surface area contributed by atoms with Gasteiger partial charge < -0.3 is 15.2 Å². The van der Waals surface area contributed by atoms with E-state index in [-0.39, 0.29) is 24.5 Å². The van der Waals surface area contributed by atoms with E-state index >= 15 is 0 Å². The molecule has 0 saturated carbocycles. The van der Waals surface area contributed by atoms with Crippen LogP contribution in [0.1, 0.15) is 51.4 Å². The molecule has 1 aromatic carbocycles. The molecule has 1 aromatic rings. The van der Waals surface area contributed by atoms with Crippen LogP contribution in [0.3, 0.4) is 0 Å². The molecule has 1 unspecified atom stereocenters. The van der Waals surface area contributed by atoms with Gasteiger partial charge in [0, 0.05) is 28.7 Å². The fraction of sp³-hybridized carbons (Fsp3) is 0.556. The van der Waals surface area contributed by atoms with E-state index in [1.807, 2.05) is 32.9 Å². The van der Waals surface area contributed by atoms with E-state index in [9.17, 15) is 14.7 Å². The molecule has 0 aliphatic carbocycles. The summed E-state index contributed by atoms with van der Waals surface area (Å²) in [5.41, 5.74) is 0.114. The van der Waals surface area contributed by atoms with Gasteiger partial charge in [0.15, 0.2) is 0 Å². The predicted octanol–water partition coefficient (Wildman–Crippen LogP) is 3.58. The van der Waals surface area contributed by atoms with Gasteiger partial charge in [-0.1, -0.05) is 13.8 Å². The Morgan fingerprint density at radius 1 is 1.21 bits per heavy atom. The maximum Gasteiger partial charge on any atom is 0.326 e. The highest BCUT2D eigenvalue weighted by molar-refractivity contribution is 7.99. The average Bonchev–Trinajstić information content (AvgIpc) is 2.44. The Kier molecular flexibility index (Phi) is 7.76. The van der Waals surface area contributed by atoms with Crippen LogP contribution in [-0.2, 0) is 9.53 Å². The molecule has 5 nitrogen and oxygen atoms in total. The van der Waals surface area contributed by atoms with Gasteiger partial charge in [0.1, 0.15) is 6.04 Å². The maximum absolute atomic E-state index is 12.2. The highest BCUT2D eigenvalue weighted by atomic mass is 32.2. The highest BCUT2D eigenvalue weighted by Gasteiger charge is 2.21. The third-order valence-electron chi connectivity index (χ3n) is 3.03. The molecule has 0 spiro atoms. The summed E-state index contributed by atoms with van der Waals surface area (Å²) in [6.45, 7) is 10.2. The van der Waals surface area contributed by atoms with Gasteiger partial charge in [-0.25, -0.2) is 4.79 Å². The Morgan fingerprint density at radius 3 is 2.25 bits per heavy atom. The molecule has 1 atom stereocenters. The van der Waals surface area contributed by atoms with E-state index < -0.39 is 12.0 Å². The largest absolute Gasteiger partial charge is 0.480 e. The summed E-state index contributed by atoms with van der Waals surface area (Å²) < 4.78 is 5.53. The van der Waals surface area contributed by atoms with Crippen molar-refractivity contribution in [3.05, 3.63) is 29.8 Å². The van der Waals surface area contributed by atoms with Crippen molar-refractivity contribution < 1.29 is 19.4 Å². The summed E-state index contributed by atoms with van der Waals surface area (Å²) in [4.78, 5) is 24.6. The molecule has 0 bridgehead atoms. The number of aliphatic carboxylic acids is 1. The number of carbonyl (C=O) groups is 2. The molecule has 1 amide bonds. The van der Waals surface area contributed by atoms with Crippen molar-refractivity contribution in [2.75, 3.05) is 6.61 Å². The molecular weight excluding hydrogens is 326 g/mol. The van der Waals surface area contributed by atoms with Crippen molar-refractivity contribution in [2.24, 2.45) is 0 Å². The van der Waals surface area contributed by atoms with Gasteiger partial charge in [-0.05, 0) is 45.0 Å². The molecule has 0 heterocycles. The number of rotatable bonds is 8. The first-order valence-corrected chi connectivity index (χ1v) is 8.91. The van der Waals surface area contributed by atoms with Crippen molar-refractivity contribution in [2.45, 2.75) is 62.8 Å². The van der Waals surface area contributed by atoms with Gasteiger partial charge >= 0.3 is 5.97 Å². The number of thioether (sulfide) groups is 1. The fourth-order valence-corrected chi connectivity index (χ4v) is 2.78. The van der Waals surface area contributed by atoms with E-state index in [4.69, 9.17) is 4.74 Å². The zero-order valence-electron chi connectivity index (χ0n) is 15.0. The third kappa shape index (κ3) is 7.84. The summed E-state index contributed by atoms with van der Waals surface area (Å²) in [6, 6.07) is 6.20. The highest BCUT2D eigenvalue weighted by Crippen LogP contribution is 2.22. The lowest BCUT2D eigenvalue weighted by Gasteiger charge is -2.21. The standard InChI is InChI=1S/C18H27NO4S/c1-12(2)24-14-8-6-13(7-9-14)16(20)19-15(17(21)22)10-11-23-18(3,4)5/h6-9,12,15H,10-11H2,1-5H3,(H,19,20)(H,21,22). The van der Waals surface area contributed by atoms with Crippen LogP contribution in [0.4, 0.5) is 0 Å². The van der Waals surface area contributed by atoms with Gasteiger partial charge in [0.25, 0.3) is 5.91 Å². The minimum absolute atomic E-state index is 0.222. The number of hydrogen-bond acceptors (Lipinski definition) is 4. The summed E-state index contributed by atoms with van der Waals surface area (Å²) in [5.74, 6) is -1.45. The molecule has 0 aromatic heterocycles. The minimum atomic E-state index is -1.06. The van der Waals surface area contributed by atoms with Crippen LogP contribution in [0.2, 0.25) is 0 Å². The van der Waals surface area contributed by atoms with Gasteiger partial charge in [0.05, 0.1) is 5.60 Å². The van der Waals surface area contributed by atoms with E-state index in [2.05, 4.69) is 19.2 Å². The van der Waals surface area contributed by atoms with Crippen molar-refractivity contribution in [3.8, 4) is 0 Å². The van der Waals surface area contributed by atoms with Crippen molar-refractivity contribution in [1.29, 1.82) is 0 Å². The van der Waals surface area contributed by atoms with E-state index in [1.165, 1.54) is 0 Å². The Balaban J connectivity index is 2.63. The average molecular weight is 353 g/mol. The zero-order chi connectivity index (χ0) is 18.3. The quantitative estimate of drug-likeness (QED) is 0.699. The molecule has 6 heteroatoms. The molecule has 0 saturated heterocycles. The van der Waals surface area contributed by atoms with E-state index in [0.29, 0.717) is 10.8 Å². The first-order valence-electron chi connectivity index (χ1n) is 8.03. The molecule has 24 heavy (non-hydrogen) atoms. The molecule has 2 N–H and O–H groups in total.